The summed E-state index contributed by atoms with van der Waals surface area (Å²) >= 11 is 0. The molecule has 0 unspecified atom stereocenters. The van der Waals surface area contributed by atoms with Crippen LogP contribution in [0.5, 0.6) is 5.75 Å². The fourth-order valence-electron chi connectivity index (χ4n) is 6.79. The van der Waals surface area contributed by atoms with Crippen molar-refractivity contribution in [3.05, 3.63) is 29.3 Å². The predicted octanol–water partition coefficient (Wildman–Crippen LogP) is 2.66. The van der Waals surface area contributed by atoms with Crippen LogP contribution in [0.1, 0.15) is 86.6 Å². The summed E-state index contributed by atoms with van der Waals surface area (Å²) < 4.78 is 5.92. The molecule has 1 aliphatic carbocycles. The molecule has 0 radical (unpaired) electrons. The second kappa shape index (κ2) is 12.7. The number of hydrogen-bond acceptors (Lipinski definition) is 6. The molecule has 1 aromatic rings. The van der Waals surface area contributed by atoms with Crippen molar-refractivity contribution in [2.24, 2.45) is 5.41 Å². The van der Waals surface area contributed by atoms with Gasteiger partial charge in [0.25, 0.3) is 11.8 Å². The minimum absolute atomic E-state index is 0.0157. The number of nitrogens with zero attached hydrogens (tertiary/aromatic N) is 2. The van der Waals surface area contributed by atoms with Crippen LogP contribution in [0, 0.1) is 12.3 Å². The number of carbonyl (C=O) groups is 5. The van der Waals surface area contributed by atoms with Crippen LogP contribution in [0.2, 0.25) is 0 Å². The Kier molecular flexibility index (Phi) is 9.03. The van der Waals surface area contributed by atoms with Crippen LogP contribution in [0.25, 0.3) is 0 Å². The Bertz CT molecular complexity index is 1220. The van der Waals surface area contributed by atoms with Gasteiger partial charge in [0.1, 0.15) is 17.8 Å². The van der Waals surface area contributed by atoms with Crippen LogP contribution < -0.4 is 20.7 Å². The molecule has 11 nitrogen and oxygen atoms in total. The Labute approximate surface area is 247 Å². The number of benzene rings is 1. The van der Waals surface area contributed by atoms with Crippen molar-refractivity contribution in [2.75, 3.05) is 39.3 Å². The second-order valence-electron chi connectivity index (χ2n) is 12.3. The molecule has 2 saturated heterocycles. The molecule has 3 heterocycles. The van der Waals surface area contributed by atoms with Gasteiger partial charge in [-0.2, -0.15) is 0 Å². The molecular formula is C31H43N5O6. The summed E-state index contributed by atoms with van der Waals surface area (Å²) in [6, 6.07) is 5.04. The van der Waals surface area contributed by atoms with Crippen LogP contribution in [-0.2, 0) is 14.4 Å². The third-order valence-electron chi connectivity index (χ3n) is 9.41. The van der Waals surface area contributed by atoms with E-state index in [9.17, 15) is 24.0 Å². The first kappa shape index (κ1) is 29.8. The monoisotopic (exact) mass is 581 g/mol. The van der Waals surface area contributed by atoms with E-state index >= 15 is 0 Å². The molecular weight excluding hydrogens is 538 g/mol. The Balaban J connectivity index is 1.18. The lowest BCUT2D eigenvalue weighted by Crippen LogP contribution is -2.53. The molecule has 11 heteroatoms. The highest BCUT2D eigenvalue weighted by atomic mass is 16.5. The Hall–Kier alpha value is -3.63. The highest BCUT2D eigenvalue weighted by molar-refractivity contribution is 6.09. The number of fused-ring (bicyclic) bond motifs is 1. The lowest BCUT2D eigenvalue weighted by molar-refractivity contribution is -0.143. The summed E-state index contributed by atoms with van der Waals surface area (Å²) in [5.41, 5.74) is 0.0452. The van der Waals surface area contributed by atoms with Crippen molar-refractivity contribution in [3.8, 4) is 5.75 Å². The molecule has 2 spiro atoms. The molecule has 3 aliphatic heterocycles. The van der Waals surface area contributed by atoms with Crippen molar-refractivity contribution in [1.82, 2.24) is 25.8 Å². The SMILES string of the molecule is Cc1ccc2c(c1)OCCCNC(=O)C1(CCCCNC2=O)CCN(C(=O)CN2C(=O)NC3(CCCCC3)C2=O)CC1. The first-order chi connectivity index (χ1) is 20.2. The number of imide groups is 1. The highest BCUT2D eigenvalue weighted by Crippen LogP contribution is 2.38. The largest absolute Gasteiger partial charge is 0.493 e. The Morgan fingerprint density at radius 2 is 1.60 bits per heavy atom. The smallest absolute Gasteiger partial charge is 0.325 e. The second-order valence-corrected chi connectivity index (χ2v) is 12.3. The number of carbonyl (C=O) groups excluding carboxylic acids is 5. The van der Waals surface area contributed by atoms with Gasteiger partial charge >= 0.3 is 6.03 Å². The number of urea groups is 1. The van der Waals surface area contributed by atoms with Gasteiger partial charge in [-0.1, -0.05) is 31.7 Å². The highest BCUT2D eigenvalue weighted by Gasteiger charge is 2.52. The van der Waals surface area contributed by atoms with Gasteiger partial charge in [0.15, 0.2) is 0 Å². The Morgan fingerprint density at radius 1 is 0.881 bits per heavy atom. The quantitative estimate of drug-likeness (QED) is 0.460. The summed E-state index contributed by atoms with van der Waals surface area (Å²) in [5, 5.41) is 8.94. The molecule has 3 fully saturated rings. The third kappa shape index (κ3) is 6.24. The maximum Gasteiger partial charge on any atom is 0.325 e. The van der Waals surface area contributed by atoms with Gasteiger partial charge in [0.2, 0.25) is 11.8 Å². The first-order valence-corrected chi connectivity index (χ1v) is 15.4. The fourth-order valence-corrected chi connectivity index (χ4v) is 6.79. The minimum Gasteiger partial charge on any atom is -0.493 e. The van der Waals surface area contributed by atoms with E-state index in [1.165, 1.54) is 0 Å². The number of amides is 6. The molecule has 42 heavy (non-hydrogen) atoms. The molecule has 5 rings (SSSR count). The van der Waals surface area contributed by atoms with Crippen molar-refractivity contribution in [2.45, 2.75) is 83.1 Å². The zero-order valence-corrected chi connectivity index (χ0v) is 24.6. The molecule has 1 saturated carbocycles. The molecule has 4 aliphatic rings. The number of ether oxygens (including phenoxy) is 1. The van der Waals surface area contributed by atoms with Crippen LogP contribution in [0.3, 0.4) is 0 Å². The number of likely N-dealkylation sites (tertiary alicyclic amines) is 1. The number of piperidine rings is 1. The average molecular weight is 582 g/mol. The predicted molar refractivity (Wildman–Crippen MR) is 155 cm³/mol. The normalized spacial score (nSPS) is 23.3. The van der Waals surface area contributed by atoms with Crippen molar-refractivity contribution >= 4 is 29.7 Å². The van der Waals surface area contributed by atoms with Crippen LogP contribution in [-0.4, -0.2) is 84.3 Å². The summed E-state index contributed by atoms with van der Waals surface area (Å²) in [7, 11) is 0. The maximum atomic E-state index is 13.5. The lowest BCUT2D eigenvalue weighted by atomic mass is 9.73. The van der Waals surface area contributed by atoms with E-state index in [1.807, 2.05) is 19.1 Å². The van der Waals surface area contributed by atoms with Crippen molar-refractivity contribution in [3.63, 3.8) is 0 Å². The van der Waals surface area contributed by atoms with Gasteiger partial charge < -0.3 is 25.6 Å². The van der Waals surface area contributed by atoms with E-state index in [0.29, 0.717) is 82.6 Å². The van der Waals surface area contributed by atoms with E-state index in [4.69, 9.17) is 4.74 Å². The van der Waals surface area contributed by atoms with Gasteiger partial charge in [-0.15, -0.1) is 0 Å². The van der Waals surface area contributed by atoms with E-state index < -0.39 is 17.0 Å². The number of nitrogens with one attached hydrogen (secondary N) is 3. The van der Waals surface area contributed by atoms with E-state index in [2.05, 4.69) is 16.0 Å². The van der Waals surface area contributed by atoms with Crippen LogP contribution in [0.15, 0.2) is 18.2 Å². The van der Waals surface area contributed by atoms with Gasteiger partial charge in [-0.3, -0.25) is 24.1 Å². The molecule has 0 atom stereocenters. The van der Waals surface area contributed by atoms with E-state index in [1.54, 1.807) is 11.0 Å². The average Bonchev–Trinajstić information content (AvgIpc) is 3.20. The molecule has 228 valence electrons. The zero-order valence-electron chi connectivity index (χ0n) is 24.6. The van der Waals surface area contributed by atoms with Gasteiger partial charge in [-0.25, -0.2) is 4.79 Å². The Morgan fingerprint density at radius 3 is 2.36 bits per heavy atom. The molecule has 3 N–H and O–H groups in total. The van der Waals surface area contributed by atoms with Gasteiger partial charge in [0.05, 0.1) is 17.6 Å². The van der Waals surface area contributed by atoms with E-state index in [-0.39, 0.29) is 30.2 Å². The fraction of sp³-hybridized carbons (Fsp3) is 0.645. The van der Waals surface area contributed by atoms with E-state index in [0.717, 1.165) is 42.6 Å². The summed E-state index contributed by atoms with van der Waals surface area (Å²) in [5.74, 6) is -0.199. The third-order valence-corrected chi connectivity index (χ3v) is 9.41. The lowest BCUT2D eigenvalue weighted by Gasteiger charge is -2.41. The number of aryl methyl sites for hydroxylation is 1. The standard InChI is InChI=1S/C31H43N5O6/c1-22-8-9-23-24(20-22)42-19-7-16-33-27(39)30(10-5-6-15-32-26(23)38)13-17-35(18-14-30)25(37)21-36-28(40)31(34-29(36)41)11-3-2-4-12-31/h8-9,20H,2-7,10-19,21H2,1H3,(H,32,38)(H,33,39)(H,34,41). The molecule has 0 aromatic heterocycles. The molecule has 1 aromatic carbocycles. The topological polar surface area (TPSA) is 137 Å². The minimum atomic E-state index is -0.851. The molecule has 6 amide bonds. The van der Waals surface area contributed by atoms with Gasteiger partial charge in [0, 0.05) is 26.2 Å². The summed E-state index contributed by atoms with van der Waals surface area (Å²) in [6.07, 6.45) is 7.77. The van der Waals surface area contributed by atoms with Crippen LogP contribution in [0.4, 0.5) is 4.79 Å². The van der Waals surface area contributed by atoms with Crippen molar-refractivity contribution in [1.29, 1.82) is 0 Å². The van der Waals surface area contributed by atoms with Crippen molar-refractivity contribution < 1.29 is 28.7 Å². The van der Waals surface area contributed by atoms with Gasteiger partial charge in [-0.05, 0) is 69.6 Å². The zero-order chi connectivity index (χ0) is 29.7. The number of hydrogen-bond donors (Lipinski definition) is 3. The molecule has 0 bridgehead atoms. The maximum absolute atomic E-state index is 13.5. The van der Waals surface area contributed by atoms with Crippen LogP contribution >= 0.6 is 0 Å². The summed E-state index contributed by atoms with van der Waals surface area (Å²) in [4.78, 5) is 68.1. The first-order valence-electron chi connectivity index (χ1n) is 15.4. The summed E-state index contributed by atoms with van der Waals surface area (Å²) in [6.45, 7) is 3.75. The number of rotatable bonds is 2.